The average Bonchev–Trinajstić information content (AvgIpc) is 3.47. The number of esters is 1. The molecule has 2 heterocycles. The van der Waals surface area contributed by atoms with E-state index in [2.05, 4.69) is 15.2 Å². The van der Waals surface area contributed by atoms with Crippen LogP contribution in [-0.4, -0.2) is 39.4 Å². The lowest BCUT2D eigenvalue weighted by Gasteiger charge is -2.11. The maximum Gasteiger partial charge on any atom is 0.357 e. The third-order valence-electron chi connectivity index (χ3n) is 4.50. The van der Waals surface area contributed by atoms with E-state index in [1.807, 2.05) is 34.9 Å². The van der Waals surface area contributed by atoms with Gasteiger partial charge in [0.1, 0.15) is 10.8 Å². The van der Waals surface area contributed by atoms with Crippen molar-refractivity contribution in [3.8, 4) is 22.8 Å². The van der Waals surface area contributed by atoms with E-state index >= 15 is 0 Å². The molecule has 0 amide bonds. The van der Waals surface area contributed by atoms with Gasteiger partial charge in [-0.2, -0.15) is 0 Å². The summed E-state index contributed by atoms with van der Waals surface area (Å²) in [5.74, 6) is 1.47. The van der Waals surface area contributed by atoms with Crippen LogP contribution in [0.2, 0.25) is 10.0 Å². The maximum atomic E-state index is 11.9. The van der Waals surface area contributed by atoms with Gasteiger partial charge in [0.25, 0.3) is 0 Å². The number of ether oxygens (including phenoxy) is 2. The standard InChI is InChI=1S/C22H18Cl2N4O3S2/c1-3-31-21(29)18-11-32-19(25-18)12-33-22-27-26-20(13-4-7-15(30-2)8-5-13)28(22)14-6-9-16(23)17(24)10-14/h4-11H,3,12H2,1-2H3. The predicted octanol–water partition coefficient (Wildman–Crippen LogP) is 6.18. The molecule has 33 heavy (non-hydrogen) atoms. The summed E-state index contributed by atoms with van der Waals surface area (Å²) < 4.78 is 12.2. The molecule has 0 aliphatic carbocycles. The zero-order valence-electron chi connectivity index (χ0n) is 17.6. The smallest absolute Gasteiger partial charge is 0.357 e. The molecular formula is C22H18Cl2N4O3S2. The summed E-state index contributed by atoms with van der Waals surface area (Å²) in [6.45, 7) is 2.07. The first-order valence-electron chi connectivity index (χ1n) is 9.79. The molecule has 11 heteroatoms. The van der Waals surface area contributed by atoms with Crippen LogP contribution >= 0.6 is 46.3 Å². The molecule has 7 nitrogen and oxygen atoms in total. The number of aromatic nitrogens is 4. The Hall–Kier alpha value is -2.59. The van der Waals surface area contributed by atoms with E-state index in [1.165, 1.54) is 23.1 Å². The Morgan fingerprint density at radius 3 is 2.61 bits per heavy atom. The number of nitrogens with zero attached hydrogens (tertiary/aromatic N) is 4. The second-order valence-corrected chi connectivity index (χ2v) is 9.30. The van der Waals surface area contributed by atoms with E-state index in [-0.39, 0.29) is 0 Å². The van der Waals surface area contributed by atoms with E-state index in [9.17, 15) is 4.79 Å². The van der Waals surface area contributed by atoms with Gasteiger partial charge in [0.15, 0.2) is 16.7 Å². The number of carbonyl (C=O) groups is 1. The van der Waals surface area contributed by atoms with Crippen molar-refractivity contribution in [3.63, 3.8) is 0 Å². The van der Waals surface area contributed by atoms with Gasteiger partial charge in [-0.3, -0.25) is 4.57 Å². The molecule has 4 rings (SSSR count). The highest BCUT2D eigenvalue weighted by Gasteiger charge is 2.19. The fourth-order valence-corrected chi connectivity index (χ4v) is 4.98. The Kier molecular flexibility index (Phi) is 7.54. The molecule has 0 N–H and O–H groups in total. The minimum atomic E-state index is -0.425. The van der Waals surface area contributed by atoms with Crippen LogP contribution in [0.1, 0.15) is 22.4 Å². The van der Waals surface area contributed by atoms with Gasteiger partial charge < -0.3 is 9.47 Å². The third-order valence-corrected chi connectivity index (χ3v) is 7.21. The number of thiazole rings is 1. The summed E-state index contributed by atoms with van der Waals surface area (Å²) in [6, 6.07) is 12.9. The molecule has 0 spiro atoms. The summed E-state index contributed by atoms with van der Waals surface area (Å²) >= 11 is 15.3. The highest BCUT2D eigenvalue weighted by atomic mass is 35.5. The van der Waals surface area contributed by atoms with E-state index in [1.54, 1.807) is 31.5 Å². The van der Waals surface area contributed by atoms with E-state index < -0.39 is 5.97 Å². The predicted molar refractivity (Wildman–Crippen MR) is 131 cm³/mol. The van der Waals surface area contributed by atoms with Crippen LogP contribution in [0.4, 0.5) is 0 Å². The molecule has 0 saturated heterocycles. The Morgan fingerprint density at radius 2 is 1.91 bits per heavy atom. The fraction of sp³-hybridized carbons (Fsp3) is 0.182. The molecule has 0 saturated carbocycles. The van der Waals surface area contributed by atoms with Gasteiger partial charge in [-0.1, -0.05) is 35.0 Å². The van der Waals surface area contributed by atoms with E-state index in [4.69, 9.17) is 32.7 Å². The fourth-order valence-electron chi connectivity index (χ4n) is 2.95. The van der Waals surface area contributed by atoms with Crippen LogP contribution in [0.3, 0.4) is 0 Å². The summed E-state index contributed by atoms with van der Waals surface area (Å²) in [4.78, 5) is 16.3. The molecule has 2 aromatic carbocycles. The third kappa shape index (κ3) is 5.33. The quantitative estimate of drug-likeness (QED) is 0.203. The molecular weight excluding hydrogens is 503 g/mol. The van der Waals surface area contributed by atoms with Gasteiger partial charge in [0, 0.05) is 10.9 Å². The average molecular weight is 521 g/mol. The molecule has 0 aliphatic rings. The summed E-state index contributed by atoms with van der Waals surface area (Å²) in [5, 5.41) is 12.8. The molecule has 0 aliphatic heterocycles. The topological polar surface area (TPSA) is 79.1 Å². The van der Waals surface area contributed by atoms with Crippen LogP contribution in [0.5, 0.6) is 5.75 Å². The Labute approximate surface area is 208 Å². The Morgan fingerprint density at radius 1 is 1.12 bits per heavy atom. The van der Waals surface area contributed by atoms with Crippen molar-refractivity contribution in [2.24, 2.45) is 0 Å². The lowest BCUT2D eigenvalue weighted by atomic mass is 10.2. The van der Waals surface area contributed by atoms with Gasteiger partial charge in [-0.05, 0) is 49.4 Å². The maximum absolute atomic E-state index is 11.9. The van der Waals surface area contributed by atoms with Gasteiger partial charge in [-0.25, -0.2) is 9.78 Å². The highest BCUT2D eigenvalue weighted by molar-refractivity contribution is 7.98. The first-order chi connectivity index (χ1) is 16.0. The largest absolute Gasteiger partial charge is 0.497 e. The molecule has 0 fully saturated rings. The number of rotatable bonds is 8. The highest BCUT2D eigenvalue weighted by Crippen LogP contribution is 2.33. The number of thioether (sulfide) groups is 1. The van der Waals surface area contributed by atoms with Crippen molar-refractivity contribution < 1.29 is 14.3 Å². The van der Waals surface area contributed by atoms with Crippen molar-refractivity contribution in [2.75, 3.05) is 13.7 Å². The minimum absolute atomic E-state index is 0.307. The Bertz CT molecular complexity index is 1280. The molecule has 2 aromatic heterocycles. The lowest BCUT2D eigenvalue weighted by molar-refractivity contribution is 0.0520. The van der Waals surface area contributed by atoms with E-state index in [0.29, 0.717) is 39.1 Å². The van der Waals surface area contributed by atoms with Crippen molar-refractivity contribution in [1.82, 2.24) is 19.7 Å². The first-order valence-corrected chi connectivity index (χ1v) is 12.4. The molecule has 0 atom stereocenters. The molecule has 4 aromatic rings. The van der Waals surface area contributed by atoms with Gasteiger partial charge >= 0.3 is 5.97 Å². The molecule has 0 unspecified atom stereocenters. The van der Waals surface area contributed by atoms with Crippen LogP contribution in [0.15, 0.2) is 53.0 Å². The monoisotopic (exact) mass is 520 g/mol. The van der Waals surface area contributed by atoms with Crippen LogP contribution in [-0.2, 0) is 10.5 Å². The zero-order valence-corrected chi connectivity index (χ0v) is 20.8. The summed E-state index contributed by atoms with van der Waals surface area (Å²) in [5.41, 5.74) is 1.94. The van der Waals surface area contributed by atoms with Gasteiger partial charge in [-0.15, -0.1) is 21.5 Å². The van der Waals surface area contributed by atoms with Crippen LogP contribution in [0, 0.1) is 0 Å². The van der Waals surface area contributed by atoms with Gasteiger partial charge in [0.2, 0.25) is 0 Å². The summed E-state index contributed by atoms with van der Waals surface area (Å²) in [7, 11) is 1.62. The number of carbonyl (C=O) groups excluding carboxylic acids is 1. The van der Waals surface area contributed by atoms with Crippen molar-refractivity contribution in [3.05, 3.63) is 68.6 Å². The lowest BCUT2D eigenvalue weighted by Crippen LogP contribution is -2.05. The normalized spacial score (nSPS) is 10.9. The molecule has 0 radical (unpaired) electrons. The second kappa shape index (κ2) is 10.6. The number of hydrogen-bond acceptors (Lipinski definition) is 8. The van der Waals surface area contributed by atoms with E-state index in [0.717, 1.165) is 22.0 Å². The zero-order chi connectivity index (χ0) is 23.4. The number of benzene rings is 2. The molecule has 170 valence electrons. The minimum Gasteiger partial charge on any atom is -0.497 e. The molecule has 0 bridgehead atoms. The SMILES string of the molecule is CCOC(=O)c1csc(CSc2nnc(-c3ccc(OC)cc3)n2-c2ccc(Cl)c(Cl)c2)n1. The summed E-state index contributed by atoms with van der Waals surface area (Å²) in [6.07, 6.45) is 0. The van der Waals surface area contributed by atoms with Crippen LogP contribution < -0.4 is 4.74 Å². The van der Waals surface area contributed by atoms with Crippen molar-refractivity contribution in [1.29, 1.82) is 0 Å². The van der Waals surface area contributed by atoms with Crippen LogP contribution in [0.25, 0.3) is 17.1 Å². The van der Waals surface area contributed by atoms with Gasteiger partial charge in [0.05, 0.1) is 35.2 Å². The number of methoxy groups -OCH3 is 1. The number of halogens is 2. The number of hydrogen-bond donors (Lipinski definition) is 0. The van der Waals surface area contributed by atoms with Crippen molar-refractivity contribution >= 4 is 52.3 Å². The second-order valence-electron chi connectivity index (χ2n) is 6.60. The first kappa shape index (κ1) is 23.6. The Balaban J connectivity index is 1.67. The van der Waals surface area contributed by atoms with Crippen molar-refractivity contribution in [2.45, 2.75) is 17.8 Å².